The van der Waals surface area contributed by atoms with Crippen LogP contribution in [0.4, 0.5) is 0 Å². The minimum atomic E-state index is -1.17. The lowest BCUT2D eigenvalue weighted by atomic mass is 9.84. The molecule has 3 aromatic rings. The molecule has 1 aromatic heterocycles. The molecule has 2 unspecified atom stereocenters. The number of phenolic OH excluding ortho intramolecular Hbond substituents is 1. The minimum absolute atomic E-state index is 0.108. The average Bonchev–Trinajstić information content (AvgIpc) is 3.16. The van der Waals surface area contributed by atoms with Gasteiger partial charge in [-0.25, -0.2) is 4.79 Å². The molecule has 1 aliphatic rings. The smallest absolute Gasteiger partial charge is 0.331 e. The molecule has 4 N–H and O–H groups in total. The first kappa shape index (κ1) is 27.3. The number of hydrogen-bond acceptors (Lipinski definition) is 5. The quantitative estimate of drug-likeness (QED) is 0.249. The number of allylic oxidation sites excluding steroid dienone is 4. The predicted molar refractivity (Wildman–Crippen MR) is 148 cm³/mol. The van der Waals surface area contributed by atoms with Crippen molar-refractivity contribution in [1.82, 2.24) is 4.57 Å². The van der Waals surface area contributed by atoms with Gasteiger partial charge < -0.3 is 25.2 Å². The van der Waals surface area contributed by atoms with E-state index in [2.05, 4.69) is 32.9 Å². The van der Waals surface area contributed by atoms with Crippen LogP contribution in [-0.2, 0) is 11.2 Å². The standard InChI is InChI=1S/C31H37NO6/c1-19(2)10-8-11-20(3)12-9-15-31(4)26(34)17-23-25(33)16-22-24(28(23)38-31)18-32(29(22)35)27(30(36)37)21-13-6-5-7-14-21/h5-7,10,12-14,16,18,26-27,33-35H,8-9,11,15,17H2,1-4H3,(H,36,37)/t26?,27-,31?/m1/s1. The molecule has 0 aliphatic carbocycles. The van der Waals surface area contributed by atoms with Gasteiger partial charge in [0.15, 0.2) is 11.9 Å². The van der Waals surface area contributed by atoms with E-state index in [1.54, 1.807) is 36.5 Å². The highest BCUT2D eigenvalue weighted by Gasteiger charge is 2.42. The zero-order valence-corrected chi connectivity index (χ0v) is 22.4. The number of phenols is 1. The summed E-state index contributed by atoms with van der Waals surface area (Å²) in [7, 11) is 0. The highest BCUT2D eigenvalue weighted by molar-refractivity contribution is 5.96. The molecule has 2 aromatic carbocycles. The second-order valence-corrected chi connectivity index (χ2v) is 10.7. The van der Waals surface area contributed by atoms with Crippen LogP contribution in [-0.4, -0.2) is 42.7 Å². The molecule has 202 valence electrons. The third kappa shape index (κ3) is 5.43. The van der Waals surface area contributed by atoms with Crippen molar-refractivity contribution >= 4 is 16.7 Å². The molecule has 7 nitrogen and oxygen atoms in total. The minimum Gasteiger partial charge on any atom is -0.508 e. The van der Waals surface area contributed by atoms with E-state index in [4.69, 9.17) is 4.74 Å². The maximum absolute atomic E-state index is 12.2. The Bertz CT molecular complexity index is 1380. The van der Waals surface area contributed by atoms with E-state index < -0.39 is 23.7 Å². The van der Waals surface area contributed by atoms with Crippen molar-refractivity contribution in [3.8, 4) is 17.4 Å². The van der Waals surface area contributed by atoms with Crippen LogP contribution in [0.15, 0.2) is 65.9 Å². The fourth-order valence-electron chi connectivity index (χ4n) is 5.15. The Morgan fingerprint density at radius 3 is 2.50 bits per heavy atom. The molecule has 0 bridgehead atoms. The molecular weight excluding hydrogens is 482 g/mol. The zero-order valence-electron chi connectivity index (χ0n) is 22.4. The monoisotopic (exact) mass is 519 g/mol. The number of ether oxygens (including phenoxy) is 1. The topological polar surface area (TPSA) is 112 Å². The van der Waals surface area contributed by atoms with Gasteiger partial charge in [0.25, 0.3) is 0 Å². The van der Waals surface area contributed by atoms with Crippen molar-refractivity contribution in [2.24, 2.45) is 0 Å². The first-order valence-electron chi connectivity index (χ1n) is 13.0. The molecule has 0 amide bonds. The van der Waals surface area contributed by atoms with Crippen molar-refractivity contribution < 1.29 is 30.0 Å². The van der Waals surface area contributed by atoms with Gasteiger partial charge >= 0.3 is 5.97 Å². The lowest BCUT2D eigenvalue weighted by Crippen LogP contribution is -2.48. The molecule has 0 saturated carbocycles. The lowest BCUT2D eigenvalue weighted by Gasteiger charge is -2.40. The third-order valence-electron chi connectivity index (χ3n) is 7.44. The van der Waals surface area contributed by atoms with Crippen LogP contribution >= 0.6 is 0 Å². The predicted octanol–water partition coefficient (Wildman–Crippen LogP) is 6.25. The summed E-state index contributed by atoms with van der Waals surface area (Å²) in [5.74, 6) is -1.15. The van der Waals surface area contributed by atoms with Gasteiger partial charge in [0.1, 0.15) is 17.1 Å². The van der Waals surface area contributed by atoms with Crippen LogP contribution in [0.5, 0.6) is 17.4 Å². The fourth-order valence-corrected chi connectivity index (χ4v) is 5.15. The number of aliphatic carboxylic acids is 1. The van der Waals surface area contributed by atoms with Gasteiger partial charge in [-0.15, -0.1) is 0 Å². The number of aromatic hydroxyl groups is 2. The number of fused-ring (bicyclic) bond motifs is 3. The summed E-state index contributed by atoms with van der Waals surface area (Å²) in [4.78, 5) is 12.2. The van der Waals surface area contributed by atoms with Gasteiger partial charge in [0.05, 0.1) is 11.5 Å². The van der Waals surface area contributed by atoms with Crippen molar-refractivity contribution in [2.75, 3.05) is 0 Å². The Hall–Kier alpha value is -3.71. The van der Waals surface area contributed by atoms with E-state index in [1.165, 1.54) is 21.8 Å². The van der Waals surface area contributed by atoms with Crippen molar-refractivity contribution in [3.05, 3.63) is 77.0 Å². The van der Waals surface area contributed by atoms with E-state index >= 15 is 0 Å². The largest absolute Gasteiger partial charge is 0.508 e. The van der Waals surface area contributed by atoms with Crippen LogP contribution in [0.1, 0.15) is 70.5 Å². The van der Waals surface area contributed by atoms with Gasteiger partial charge in [-0.1, -0.05) is 53.6 Å². The Morgan fingerprint density at radius 2 is 1.84 bits per heavy atom. The van der Waals surface area contributed by atoms with Crippen LogP contribution in [0.2, 0.25) is 0 Å². The van der Waals surface area contributed by atoms with Gasteiger partial charge in [-0.3, -0.25) is 4.57 Å². The highest BCUT2D eigenvalue weighted by atomic mass is 16.5. The zero-order chi connectivity index (χ0) is 27.6. The summed E-state index contributed by atoms with van der Waals surface area (Å²) in [5.41, 5.74) is 2.60. The van der Waals surface area contributed by atoms with Gasteiger partial charge in [0.2, 0.25) is 0 Å². The number of aromatic nitrogens is 1. The van der Waals surface area contributed by atoms with Crippen LogP contribution in [0, 0.1) is 0 Å². The summed E-state index contributed by atoms with van der Waals surface area (Å²) < 4.78 is 7.70. The molecule has 38 heavy (non-hydrogen) atoms. The van der Waals surface area contributed by atoms with E-state index in [9.17, 15) is 25.2 Å². The van der Waals surface area contributed by atoms with E-state index in [-0.39, 0.29) is 23.4 Å². The first-order valence-corrected chi connectivity index (χ1v) is 13.0. The average molecular weight is 520 g/mol. The Labute approximate surface area is 223 Å². The molecule has 1 aliphatic heterocycles. The number of aliphatic hydroxyl groups is 1. The number of carboxylic acids is 1. The molecule has 0 radical (unpaired) electrons. The van der Waals surface area contributed by atoms with Crippen molar-refractivity contribution in [3.63, 3.8) is 0 Å². The van der Waals surface area contributed by atoms with Crippen molar-refractivity contribution in [1.29, 1.82) is 0 Å². The Kier molecular flexibility index (Phi) is 7.88. The number of aliphatic hydroxyl groups excluding tert-OH is 1. The molecule has 0 fully saturated rings. The van der Waals surface area contributed by atoms with E-state index in [1.807, 2.05) is 6.92 Å². The fraction of sp³-hybridized carbons (Fsp3) is 0.387. The third-order valence-corrected chi connectivity index (χ3v) is 7.44. The second kappa shape index (κ2) is 11.0. The van der Waals surface area contributed by atoms with Gasteiger partial charge in [0, 0.05) is 23.6 Å². The van der Waals surface area contributed by atoms with Gasteiger partial charge in [-0.05, 0) is 65.0 Å². The lowest BCUT2D eigenvalue weighted by molar-refractivity contribution is -0.139. The molecule has 0 spiro atoms. The number of nitrogens with zero attached hydrogens (tertiary/aromatic N) is 1. The van der Waals surface area contributed by atoms with Crippen LogP contribution < -0.4 is 4.74 Å². The summed E-state index contributed by atoms with van der Waals surface area (Å²) in [6.07, 6.45) is 8.53. The number of benzene rings is 2. The molecule has 2 heterocycles. The molecule has 4 rings (SSSR count). The summed E-state index contributed by atoms with van der Waals surface area (Å²) in [6, 6.07) is 8.90. The van der Waals surface area contributed by atoms with E-state index in [0.29, 0.717) is 35.1 Å². The number of carboxylic acid groups (broad SMARTS) is 1. The summed E-state index contributed by atoms with van der Waals surface area (Å²) in [6.45, 7) is 8.13. The molecule has 0 saturated heterocycles. The SMILES string of the molecule is CC(C)=CCCC(C)=CCCC1(C)Oc2c(c(O)cc3c(O)n([C@@H](C(=O)O)c4ccccc4)cc23)CC1O. The molecule has 7 heteroatoms. The highest BCUT2D eigenvalue weighted by Crippen LogP contribution is 2.48. The maximum atomic E-state index is 12.2. The van der Waals surface area contributed by atoms with Crippen molar-refractivity contribution in [2.45, 2.75) is 77.5 Å². The van der Waals surface area contributed by atoms with Crippen LogP contribution in [0.3, 0.4) is 0 Å². The number of rotatable bonds is 9. The van der Waals surface area contributed by atoms with Gasteiger partial charge in [-0.2, -0.15) is 0 Å². The summed E-state index contributed by atoms with van der Waals surface area (Å²) in [5, 5.41) is 43.6. The Morgan fingerprint density at radius 1 is 1.13 bits per heavy atom. The molecular formula is C31H37NO6. The molecule has 3 atom stereocenters. The first-order chi connectivity index (χ1) is 18.0. The normalized spacial score (nSPS) is 20.0. The Balaban J connectivity index is 1.67. The van der Waals surface area contributed by atoms with E-state index in [0.717, 1.165) is 12.8 Å². The van der Waals surface area contributed by atoms with Crippen LogP contribution in [0.25, 0.3) is 10.8 Å². The number of carbonyl (C=O) groups is 1. The second-order valence-electron chi connectivity index (χ2n) is 10.7. The maximum Gasteiger partial charge on any atom is 0.331 e. The number of hydrogen-bond donors (Lipinski definition) is 4. The summed E-state index contributed by atoms with van der Waals surface area (Å²) >= 11 is 0.